The highest BCUT2D eigenvalue weighted by Gasteiger charge is 2.30. The molecule has 0 aromatic heterocycles. The van der Waals surface area contributed by atoms with Crippen molar-refractivity contribution < 1.29 is 9.59 Å². The molecule has 1 unspecified atom stereocenters. The zero-order valence-corrected chi connectivity index (χ0v) is 20.5. The normalized spacial score (nSPS) is 15.2. The maximum absolute atomic E-state index is 13.4. The van der Waals surface area contributed by atoms with E-state index >= 15 is 0 Å². The van der Waals surface area contributed by atoms with Crippen LogP contribution in [0.15, 0.2) is 42.5 Å². The Kier molecular flexibility index (Phi) is 9.27. The number of amides is 2. The molecule has 0 radical (unpaired) electrons. The lowest BCUT2D eigenvalue weighted by molar-refractivity contribution is -0.141. The summed E-state index contributed by atoms with van der Waals surface area (Å²) in [5, 5.41) is 4.80. The van der Waals surface area contributed by atoms with E-state index in [1.807, 2.05) is 19.1 Å². The summed E-state index contributed by atoms with van der Waals surface area (Å²) in [5.41, 5.74) is 1.60. The van der Waals surface area contributed by atoms with Gasteiger partial charge in [-0.05, 0) is 54.7 Å². The zero-order valence-electron chi connectivity index (χ0n) is 18.3. The molecule has 3 rings (SSSR count). The highest BCUT2D eigenvalue weighted by molar-refractivity contribution is 6.35. The zero-order chi connectivity index (χ0) is 23.1. The lowest BCUT2D eigenvalue weighted by Gasteiger charge is -2.33. The molecule has 2 aromatic carbocycles. The Bertz CT molecular complexity index is 927. The summed E-state index contributed by atoms with van der Waals surface area (Å²) in [6.07, 6.45) is 6.13. The van der Waals surface area contributed by atoms with Gasteiger partial charge < -0.3 is 10.2 Å². The summed E-state index contributed by atoms with van der Waals surface area (Å²) >= 11 is 18.4. The molecule has 2 aromatic rings. The summed E-state index contributed by atoms with van der Waals surface area (Å²) in [6.45, 7) is 2.16. The number of benzene rings is 2. The number of nitrogens with one attached hydrogen (secondary N) is 1. The molecule has 1 N–H and O–H groups in total. The molecule has 0 bridgehead atoms. The number of halogens is 3. The standard InChI is InChI=1S/C25H29Cl3N2O2/c1-2-23(25(32)29-21-6-4-3-5-7-21)30(16-18-10-13-20(27)15-22(18)28)24(31)14-17-8-11-19(26)12-9-17/h8-13,15,21,23H,2-7,14,16H2,1H3,(H,29,32). The van der Waals surface area contributed by atoms with Gasteiger partial charge in [0.15, 0.2) is 0 Å². The van der Waals surface area contributed by atoms with Crippen LogP contribution in [0.3, 0.4) is 0 Å². The monoisotopic (exact) mass is 494 g/mol. The third-order valence-electron chi connectivity index (χ3n) is 5.96. The minimum Gasteiger partial charge on any atom is -0.352 e. The Hall–Kier alpha value is -1.75. The quantitative estimate of drug-likeness (QED) is 0.458. The van der Waals surface area contributed by atoms with E-state index < -0.39 is 6.04 Å². The molecule has 7 heteroatoms. The summed E-state index contributed by atoms with van der Waals surface area (Å²) in [5.74, 6) is -0.238. The van der Waals surface area contributed by atoms with Crippen LogP contribution in [0.2, 0.25) is 15.1 Å². The van der Waals surface area contributed by atoms with Crippen molar-refractivity contribution in [2.24, 2.45) is 0 Å². The second-order valence-electron chi connectivity index (χ2n) is 8.33. The van der Waals surface area contributed by atoms with Crippen LogP contribution in [-0.2, 0) is 22.6 Å². The molecule has 0 heterocycles. The molecule has 0 saturated heterocycles. The summed E-state index contributed by atoms with van der Waals surface area (Å²) in [4.78, 5) is 28.3. The van der Waals surface area contributed by atoms with Crippen LogP contribution in [0.4, 0.5) is 0 Å². The molecule has 1 aliphatic rings. The molecular weight excluding hydrogens is 467 g/mol. The van der Waals surface area contributed by atoms with Crippen molar-refractivity contribution in [1.82, 2.24) is 10.2 Å². The molecule has 1 aliphatic carbocycles. The Balaban J connectivity index is 1.83. The fraction of sp³-hybridized carbons (Fsp3) is 0.440. The number of carbonyl (C=O) groups is 2. The van der Waals surface area contributed by atoms with Gasteiger partial charge in [-0.25, -0.2) is 0 Å². The highest BCUT2D eigenvalue weighted by atomic mass is 35.5. The van der Waals surface area contributed by atoms with Crippen LogP contribution in [0.5, 0.6) is 0 Å². The lowest BCUT2D eigenvalue weighted by Crippen LogP contribution is -2.52. The van der Waals surface area contributed by atoms with Crippen LogP contribution in [0.1, 0.15) is 56.6 Å². The summed E-state index contributed by atoms with van der Waals surface area (Å²) in [7, 11) is 0. The number of hydrogen-bond donors (Lipinski definition) is 1. The first-order chi connectivity index (χ1) is 15.4. The molecule has 1 fully saturated rings. The van der Waals surface area contributed by atoms with Crippen LogP contribution in [0, 0.1) is 0 Å². The third kappa shape index (κ3) is 6.87. The molecule has 0 aliphatic heterocycles. The van der Waals surface area contributed by atoms with Gasteiger partial charge in [-0.3, -0.25) is 9.59 Å². The molecule has 2 amide bonds. The van der Waals surface area contributed by atoms with Crippen LogP contribution in [0.25, 0.3) is 0 Å². The van der Waals surface area contributed by atoms with Crippen molar-refractivity contribution in [2.75, 3.05) is 0 Å². The van der Waals surface area contributed by atoms with Crippen molar-refractivity contribution in [3.63, 3.8) is 0 Å². The molecular formula is C25H29Cl3N2O2. The van der Waals surface area contributed by atoms with Gasteiger partial charge in [0, 0.05) is 27.7 Å². The van der Waals surface area contributed by atoms with Crippen molar-refractivity contribution in [3.8, 4) is 0 Å². The second kappa shape index (κ2) is 11.9. The molecule has 32 heavy (non-hydrogen) atoms. The fourth-order valence-electron chi connectivity index (χ4n) is 4.18. The van der Waals surface area contributed by atoms with Crippen molar-refractivity contribution in [3.05, 3.63) is 68.7 Å². The van der Waals surface area contributed by atoms with Gasteiger partial charge >= 0.3 is 0 Å². The van der Waals surface area contributed by atoms with E-state index in [4.69, 9.17) is 34.8 Å². The topological polar surface area (TPSA) is 49.4 Å². The average Bonchev–Trinajstić information content (AvgIpc) is 2.77. The van der Waals surface area contributed by atoms with Gasteiger partial charge in [-0.2, -0.15) is 0 Å². The highest BCUT2D eigenvalue weighted by Crippen LogP contribution is 2.25. The second-order valence-corrected chi connectivity index (χ2v) is 9.61. The van der Waals surface area contributed by atoms with Crippen molar-refractivity contribution in [2.45, 2.75) is 70.5 Å². The fourth-order valence-corrected chi connectivity index (χ4v) is 4.77. The Morgan fingerprint density at radius 1 is 1.00 bits per heavy atom. The SMILES string of the molecule is CCC(C(=O)NC1CCCCC1)N(Cc1ccc(Cl)cc1Cl)C(=O)Cc1ccc(Cl)cc1. The van der Waals surface area contributed by atoms with E-state index in [0.29, 0.717) is 21.5 Å². The van der Waals surface area contributed by atoms with Gasteiger partial charge in [0.2, 0.25) is 11.8 Å². The van der Waals surface area contributed by atoms with E-state index in [-0.39, 0.29) is 30.8 Å². The maximum Gasteiger partial charge on any atom is 0.243 e. The van der Waals surface area contributed by atoms with Gasteiger partial charge in [-0.1, -0.05) is 79.2 Å². The van der Waals surface area contributed by atoms with Crippen LogP contribution in [-0.4, -0.2) is 28.8 Å². The first-order valence-electron chi connectivity index (χ1n) is 11.2. The Morgan fingerprint density at radius 3 is 2.28 bits per heavy atom. The van der Waals surface area contributed by atoms with E-state index in [1.54, 1.807) is 35.2 Å². The summed E-state index contributed by atoms with van der Waals surface area (Å²) < 4.78 is 0. The smallest absolute Gasteiger partial charge is 0.243 e. The van der Waals surface area contributed by atoms with E-state index in [2.05, 4.69) is 5.32 Å². The molecule has 4 nitrogen and oxygen atoms in total. The van der Waals surface area contributed by atoms with E-state index in [1.165, 1.54) is 6.42 Å². The van der Waals surface area contributed by atoms with Crippen molar-refractivity contribution in [1.29, 1.82) is 0 Å². The summed E-state index contributed by atoms with van der Waals surface area (Å²) in [6, 6.07) is 12.0. The minimum atomic E-state index is -0.580. The number of nitrogens with zero attached hydrogens (tertiary/aromatic N) is 1. The van der Waals surface area contributed by atoms with Gasteiger partial charge in [-0.15, -0.1) is 0 Å². The van der Waals surface area contributed by atoms with Crippen LogP contribution < -0.4 is 5.32 Å². The molecule has 1 saturated carbocycles. The largest absolute Gasteiger partial charge is 0.352 e. The molecule has 172 valence electrons. The van der Waals surface area contributed by atoms with E-state index in [9.17, 15) is 9.59 Å². The predicted octanol–water partition coefficient (Wildman–Crippen LogP) is 6.45. The molecule has 1 atom stereocenters. The number of rotatable bonds is 8. The first-order valence-corrected chi connectivity index (χ1v) is 12.3. The lowest BCUT2D eigenvalue weighted by atomic mass is 9.95. The minimum absolute atomic E-state index is 0.103. The number of carbonyl (C=O) groups excluding carboxylic acids is 2. The Labute approximate surface area is 205 Å². The van der Waals surface area contributed by atoms with Gasteiger partial charge in [0.05, 0.1) is 6.42 Å². The maximum atomic E-state index is 13.4. The predicted molar refractivity (Wildman–Crippen MR) is 131 cm³/mol. The number of hydrogen-bond acceptors (Lipinski definition) is 2. The average molecular weight is 496 g/mol. The van der Waals surface area contributed by atoms with Gasteiger partial charge in [0.1, 0.15) is 6.04 Å². The first kappa shape index (κ1) is 24.9. The van der Waals surface area contributed by atoms with Crippen LogP contribution >= 0.6 is 34.8 Å². The van der Waals surface area contributed by atoms with Crippen molar-refractivity contribution >= 4 is 46.6 Å². The molecule has 0 spiro atoms. The Morgan fingerprint density at radius 2 is 1.66 bits per heavy atom. The third-order valence-corrected chi connectivity index (χ3v) is 6.80. The van der Waals surface area contributed by atoms with Gasteiger partial charge in [0.25, 0.3) is 0 Å². The van der Waals surface area contributed by atoms with E-state index in [0.717, 1.165) is 36.8 Å².